The summed E-state index contributed by atoms with van der Waals surface area (Å²) in [5.41, 5.74) is 2.33. The molecule has 1 aromatic carbocycles. The molecule has 0 N–H and O–H groups in total. The molecule has 2 aromatic heterocycles. The van der Waals surface area contributed by atoms with Crippen molar-refractivity contribution in [3.63, 3.8) is 0 Å². The molecule has 0 radical (unpaired) electrons. The highest BCUT2D eigenvalue weighted by Gasteiger charge is 2.26. The molecule has 0 spiro atoms. The second-order valence-corrected chi connectivity index (χ2v) is 7.37. The van der Waals surface area contributed by atoms with Gasteiger partial charge in [-0.2, -0.15) is 4.98 Å². The molecule has 0 saturated carbocycles. The van der Waals surface area contributed by atoms with Gasteiger partial charge >= 0.3 is 0 Å². The molecule has 3 heterocycles. The normalized spacial score (nSPS) is 21.4. The number of ether oxygens (including phenoxy) is 1. The second kappa shape index (κ2) is 6.31. The average Bonchev–Trinajstić information content (AvgIpc) is 2.97. The van der Waals surface area contributed by atoms with Gasteiger partial charge in [0.2, 0.25) is 5.28 Å². The number of hydrogen-bond donors (Lipinski definition) is 0. The van der Waals surface area contributed by atoms with E-state index in [9.17, 15) is 0 Å². The minimum absolute atomic E-state index is 0.163. The van der Waals surface area contributed by atoms with E-state index in [1.807, 2.05) is 18.2 Å². The molecule has 4 nitrogen and oxygen atoms in total. The first-order valence-corrected chi connectivity index (χ1v) is 9.28. The number of morpholine rings is 1. The predicted octanol–water partition coefficient (Wildman–Crippen LogP) is 4.63. The van der Waals surface area contributed by atoms with Gasteiger partial charge in [-0.1, -0.05) is 30.3 Å². The Bertz CT molecular complexity index is 857. The second-order valence-electron chi connectivity index (χ2n) is 6.17. The average molecular weight is 360 g/mol. The number of halogens is 1. The summed E-state index contributed by atoms with van der Waals surface area (Å²) in [6.07, 6.45) is 0.327. The van der Waals surface area contributed by atoms with Crippen LogP contribution in [0.5, 0.6) is 0 Å². The number of anilines is 1. The Hall–Kier alpha value is -1.69. The summed E-state index contributed by atoms with van der Waals surface area (Å²) in [4.78, 5) is 12.2. The molecule has 2 unspecified atom stereocenters. The Balaban J connectivity index is 1.89. The summed E-state index contributed by atoms with van der Waals surface area (Å²) in [6, 6.07) is 10.4. The van der Waals surface area contributed by atoms with Gasteiger partial charge < -0.3 is 9.64 Å². The van der Waals surface area contributed by atoms with Gasteiger partial charge in [0, 0.05) is 24.0 Å². The molecule has 0 bridgehead atoms. The van der Waals surface area contributed by atoms with Crippen molar-refractivity contribution >= 4 is 39.0 Å². The number of aromatic nitrogens is 2. The van der Waals surface area contributed by atoms with E-state index in [1.165, 1.54) is 5.56 Å². The zero-order chi connectivity index (χ0) is 16.7. The zero-order valence-corrected chi connectivity index (χ0v) is 15.1. The summed E-state index contributed by atoms with van der Waals surface area (Å²) >= 11 is 7.81. The van der Waals surface area contributed by atoms with E-state index < -0.39 is 0 Å². The van der Waals surface area contributed by atoms with Crippen molar-refractivity contribution in [2.45, 2.75) is 26.1 Å². The Morgan fingerprint density at radius 2 is 1.83 bits per heavy atom. The zero-order valence-electron chi connectivity index (χ0n) is 13.6. The molecular weight excluding hydrogens is 342 g/mol. The van der Waals surface area contributed by atoms with Crippen LogP contribution < -0.4 is 4.90 Å². The third kappa shape index (κ3) is 2.88. The van der Waals surface area contributed by atoms with Gasteiger partial charge in [0.05, 0.1) is 17.6 Å². The van der Waals surface area contributed by atoms with E-state index in [0.717, 1.165) is 34.7 Å². The van der Waals surface area contributed by atoms with E-state index in [2.05, 4.69) is 46.2 Å². The van der Waals surface area contributed by atoms with Crippen LogP contribution in [-0.2, 0) is 4.74 Å². The van der Waals surface area contributed by atoms with Crippen molar-refractivity contribution in [2.75, 3.05) is 18.0 Å². The molecule has 1 aliphatic heterocycles. The molecule has 3 aromatic rings. The summed E-state index contributed by atoms with van der Waals surface area (Å²) in [5.74, 6) is 0.909. The van der Waals surface area contributed by atoms with Gasteiger partial charge in [-0.25, -0.2) is 4.98 Å². The quantitative estimate of drug-likeness (QED) is 0.625. The minimum atomic E-state index is 0.163. The highest BCUT2D eigenvalue weighted by atomic mass is 35.5. The van der Waals surface area contributed by atoms with E-state index >= 15 is 0 Å². The maximum Gasteiger partial charge on any atom is 0.225 e. The largest absolute Gasteiger partial charge is 0.372 e. The lowest BCUT2D eigenvalue weighted by molar-refractivity contribution is -0.00536. The Labute approximate surface area is 150 Å². The SMILES string of the molecule is CC1CN(c2nc(Cl)nc3scc(-c4ccccc4)c23)CC(C)O1. The van der Waals surface area contributed by atoms with E-state index in [0.29, 0.717) is 5.28 Å². The van der Waals surface area contributed by atoms with E-state index in [-0.39, 0.29) is 12.2 Å². The molecule has 1 aliphatic rings. The molecule has 4 rings (SSSR count). The van der Waals surface area contributed by atoms with Crippen LogP contribution >= 0.6 is 22.9 Å². The number of benzene rings is 1. The van der Waals surface area contributed by atoms with Crippen molar-refractivity contribution in [2.24, 2.45) is 0 Å². The van der Waals surface area contributed by atoms with Crippen molar-refractivity contribution in [1.29, 1.82) is 0 Å². The Morgan fingerprint density at radius 1 is 1.12 bits per heavy atom. The van der Waals surface area contributed by atoms with Gasteiger partial charge in [-0.3, -0.25) is 0 Å². The smallest absolute Gasteiger partial charge is 0.225 e. The predicted molar refractivity (Wildman–Crippen MR) is 100 cm³/mol. The number of rotatable bonds is 2. The van der Waals surface area contributed by atoms with Gasteiger partial charge in [0.25, 0.3) is 0 Å². The van der Waals surface area contributed by atoms with Gasteiger partial charge in [0.15, 0.2) is 0 Å². The number of hydrogen-bond acceptors (Lipinski definition) is 5. The minimum Gasteiger partial charge on any atom is -0.372 e. The molecular formula is C18H18ClN3OS. The van der Waals surface area contributed by atoms with Crippen LogP contribution in [0.2, 0.25) is 5.28 Å². The molecule has 6 heteroatoms. The maximum atomic E-state index is 6.20. The standard InChI is InChI=1S/C18H18ClN3OS/c1-11-8-22(9-12(2)23-11)16-15-14(13-6-4-3-5-7-13)10-24-17(15)21-18(19)20-16/h3-7,10-12H,8-9H2,1-2H3. The summed E-state index contributed by atoms with van der Waals surface area (Å²) < 4.78 is 5.86. The molecule has 2 atom stereocenters. The highest BCUT2D eigenvalue weighted by Crippen LogP contribution is 2.39. The lowest BCUT2D eigenvalue weighted by atomic mass is 10.1. The monoisotopic (exact) mass is 359 g/mol. The summed E-state index contributed by atoms with van der Waals surface area (Å²) in [5, 5.41) is 3.52. The van der Waals surface area contributed by atoms with Crippen LogP contribution in [0, 0.1) is 0 Å². The first-order chi connectivity index (χ1) is 11.6. The first kappa shape index (κ1) is 15.8. The number of fused-ring (bicyclic) bond motifs is 1. The Morgan fingerprint density at radius 3 is 2.54 bits per heavy atom. The van der Waals surface area contributed by atoms with Crippen molar-refractivity contribution < 1.29 is 4.74 Å². The molecule has 0 aliphatic carbocycles. The van der Waals surface area contributed by atoms with Gasteiger partial charge in [-0.05, 0) is 31.0 Å². The highest BCUT2D eigenvalue weighted by molar-refractivity contribution is 7.17. The van der Waals surface area contributed by atoms with Crippen LogP contribution in [0.15, 0.2) is 35.7 Å². The van der Waals surface area contributed by atoms with E-state index in [4.69, 9.17) is 16.3 Å². The topological polar surface area (TPSA) is 38.2 Å². The summed E-state index contributed by atoms with van der Waals surface area (Å²) in [7, 11) is 0. The van der Waals surface area contributed by atoms with Gasteiger partial charge in [0.1, 0.15) is 10.6 Å². The third-order valence-corrected chi connectivity index (χ3v) is 5.23. The van der Waals surface area contributed by atoms with Crippen LogP contribution in [0.4, 0.5) is 5.82 Å². The van der Waals surface area contributed by atoms with Crippen LogP contribution in [-0.4, -0.2) is 35.3 Å². The van der Waals surface area contributed by atoms with Crippen LogP contribution in [0.25, 0.3) is 21.3 Å². The van der Waals surface area contributed by atoms with Crippen molar-refractivity contribution in [1.82, 2.24) is 9.97 Å². The lowest BCUT2D eigenvalue weighted by Gasteiger charge is -2.36. The van der Waals surface area contributed by atoms with Crippen LogP contribution in [0.3, 0.4) is 0 Å². The summed E-state index contributed by atoms with van der Waals surface area (Å²) in [6.45, 7) is 5.79. The first-order valence-electron chi connectivity index (χ1n) is 8.02. The third-order valence-electron chi connectivity index (χ3n) is 4.19. The number of thiophene rings is 1. The molecule has 0 amide bonds. The van der Waals surface area contributed by atoms with E-state index in [1.54, 1.807) is 11.3 Å². The molecule has 124 valence electrons. The Kier molecular flexibility index (Phi) is 4.16. The molecule has 1 fully saturated rings. The molecule has 24 heavy (non-hydrogen) atoms. The van der Waals surface area contributed by atoms with Gasteiger partial charge in [-0.15, -0.1) is 11.3 Å². The lowest BCUT2D eigenvalue weighted by Crippen LogP contribution is -2.46. The molecule has 1 saturated heterocycles. The fourth-order valence-corrected chi connectivity index (χ4v) is 4.46. The fourth-order valence-electron chi connectivity index (χ4n) is 3.31. The van der Waals surface area contributed by atoms with Crippen LogP contribution in [0.1, 0.15) is 13.8 Å². The fraction of sp³-hybridized carbons (Fsp3) is 0.333. The maximum absolute atomic E-state index is 6.20. The number of nitrogens with zero attached hydrogens (tertiary/aromatic N) is 3. The van der Waals surface area contributed by atoms with Crippen molar-refractivity contribution in [3.05, 3.63) is 41.0 Å². The van der Waals surface area contributed by atoms with Crippen molar-refractivity contribution in [3.8, 4) is 11.1 Å².